The number of likely N-dealkylation sites (tertiary alicyclic amines) is 1. The van der Waals surface area contributed by atoms with Crippen molar-refractivity contribution in [3.05, 3.63) is 52.7 Å². The number of rotatable bonds is 6. The molecule has 7 heteroatoms. The second-order valence-corrected chi connectivity index (χ2v) is 7.30. The Kier molecular flexibility index (Phi) is 4.70. The molecular formula is C20H25N5O2. The van der Waals surface area contributed by atoms with E-state index in [1.165, 1.54) is 0 Å². The maximum Gasteiger partial charge on any atom is 0.262 e. The molecule has 1 saturated heterocycles. The molecule has 3 heterocycles. The van der Waals surface area contributed by atoms with Crippen molar-refractivity contribution in [1.82, 2.24) is 24.6 Å². The maximum absolute atomic E-state index is 12.5. The summed E-state index contributed by atoms with van der Waals surface area (Å²) in [6.07, 6.45) is 2.62. The van der Waals surface area contributed by atoms with E-state index in [2.05, 4.69) is 21.9 Å². The minimum atomic E-state index is -0.127. The Morgan fingerprint density at radius 3 is 2.67 bits per heavy atom. The Labute approximate surface area is 158 Å². The largest absolute Gasteiger partial charge is 0.488 e. The highest BCUT2D eigenvalue weighted by atomic mass is 16.5. The van der Waals surface area contributed by atoms with Gasteiger partial charge < -0.3 is 9.72 Å². The van der Waals surface area contributed by atoms with Gasteiger partial charge in [0, 0.05) is 19.1 Å². The van der Waals surface area contributed by atoms with E-state index in [4.69, 9.17) is 9.72 Å². The molecule has 0 radical (unpaired) electrons. The van der Waals surface area contributed by atoms with Crippen LogP contribution >= 0.6 is 0 Å². The smallest absolute Gasteiger partial charge is 0.262 e. The molecule has 0 bridgehead atoms. The molecule has 2 aromatic heterocycles. The van der Waals surface area contributed by atoms with Crippen LogP contribution in [0.3, 0.4) is 0 Å². The minimum absolute atomic E-state index is 0.0632. The van der Waals surface area contributed by atoms with Crippen molar-refractivity contribution >= 4 is 11.0 Å². The average molecular weight is 367 g/mol. The van der Waals surface area contributed by atoms with E-state index in [9.17, 15) is 4.79 Å². The summed E-state index contributed by atoms with van der Waals surface area (Å²) < 4.78 is 7.80. The first-order valence-electron chi connectivity index (χ1n) is 9.50. The number of benzene rings is 1. The molecule has 4 rings (SSSR count). The monoisotopic (exact) mass is 367 g/mol. The van der Waals surface area contributed by atoms with Crippen LogP contribution in [-0.4, -0.2) is 43.8 Å². The highest BCUT2D eigenvalue weighted by Crippen LogP contribution is 2.29. The SMILES string of the molecule is CCC(c1nc2c(cnn2C(C)C)c(=O)[nH]1)N1CC(Oc2ccccc2)C1. The first kappa shape index (κ1) is 17.7. The molecule has 142 valence electrons. The van der Waals surface area contributed by atoms with Crippen molar-refractivity contribution in [3.63, 3.8) is 0 Å². The van der Waals surface area contributed by atoms with E-state index in [0.29, 0.717) is 16.9 Å². The fourth-order valence-corrected chi connectivity index (χ4v) is 3.60. The van der Waals surface area contributed by atoms with Gasteiger partial charge in [-0.2, -0.15) is 5.10 Å². The van der Waals surface area contributed by atoms with Gasteiger partial charge in [-0.1, -0.05) is 25.1 Å². The lowest BCUT2D eigenvalue weighted by Gasteiger charge is -2.43. The quantitative estimate of drug-likeness (QED) is 0.725. The molecule has 27 heavy (non-hydrogen) atoms. The third-order valence-corrected chi connectivity index (χ3v) is 5.04. The standard InChI is InChI=1S/C20H25N5O2/c1-4-17(24-11-15(12-24)27-14-8-6-5-7-9-14)18-22-19-16(20(26)23-18)10-21-25(19)13(2)3/h5-10,13,15,17H,4,11-12H2,1-3H3,(H,22,23,26). The Hall–Kier alpha value is -2.67. The highest BCUT2D eigenvalue weighted by molar-refractivity contribution is 5.73. The summed E-state index contributed by atoms with van der Waals surface area (Å²) in [5.74, 6) is 1.60. The number of aromatic nitrogens is 4. The van der Waals surface area contributed by atoms with E-state index < -0.39 is 0 Å². The van der Waals surface area contributed by atoms with Gasteiger partial charge in [0.1, 0.15) is 23.1 Å². The number of nitrogens with zero attached hydrogens (tertiary/aromatic N) is 4. The molecule has 1 aromatic carbocycles. The molecule has 1 unspecified atom stereocenters. The average Bonchev–Trinajstić information content (AvgIpc) is 3.06. The lowest BCUT2D eigenvalue weighted by atomic mass is 10.0. The van der Waals surface area contributed by atoms with E-state index in [1.807, 2.05) is 44.2 Å². The molecule has 1 N–H and O–H groups in total. The van der Waals surface area contributed by atoms with Crippen LogP contribution in [0.25, 0.3) is 11.0 Å². The zero-order valence-electron chi connectivity index (χ0n) is 15.9. The number of hydrogen-bond acceptors (Lipinski definition) is 5. The molecule has 1 fully saturated rings. The second kappa shape index (κ2) is 7.15. The summed E-state index contributed by atoms with van der Waals surface area (Å²) in [6.45, 7) is 7.82. The number of ether oxygens (including phenoxy) is 1. The fraction of sp³-hybridized carbons (Fsp3) is 0.450. The second-order valence-electron chi connectivity index (χ2n) is 7.30. The van der Waals surface area contributed by atoms with E-state index >= 15 is 0 Å². The Balaban J connectivity index is 1.53. The zero-order valence-corrected chi connectivity index (χ0v) is 15.9. The van der Waals surface area contributed by atoms with E-state index in [0.717, 1.165) is 25.3 Å². The van der Waals surface area contributed by atoms with Crippen LogP contribution in [0.15, 0.2) is 41.3 Å². The van der Waals surface area contributed by atoms with E-state index in [-0.39, 0.29) is 23.7 Å². The van der Waals surface area contributed by atoms with Gasteiger partial charge >= 0.3 is 0 Å². The maximum atomic E-state index is 12.5. The summed E-state index contributed by atoms with van der Waals surface area (Å²) in [6, 6.07) is 10.1. The number of H-pyrrole nitrogens is 1. The van der Waals surface area contributed by atoms with Gasteiger partial charge in [-0.25, -0.2) is 9.67 Å². The molecule has 1 aliphatic heterocycles. The number of aromatic amines is 1. The molecule has 7 nitrogen and oxygen atoms in total. The van der Waals surface area contributed by atoms with Crippen LogP contribution in [0.4, 0.5) is 0 Å². The van der Waals surface area contributed by atoms with Crippen LogP contribution in [0.2, 0.25) is 0 Å². The van der Waals surface area contributed by atoms with E-state index in [1.54, 1.807) is 10.9 Å². The number of fused-ring (bicyclic) bond motifs is 1. The predicted octanol–water partition coefficient (Wildman–Crippen LogP) is 2.91. The van der Waals surface area contributed by atoms with Crippen molar-refractivity contribution in [2.45, 2.75) is 45.4 Å². The van der Waals surface area contributed by atoms with Crippen LogP contribution in [0.5, 0.6) is 5.75 Å². The lowest BCUT2D eigenvalue weighted by molar-refractivity contribution is -0.0134. The molecule has 0 amide bonds. The Bertz CT molecular complexity index is 973. The Morgan fingerprint density at radius 2 is 2.00 bits per heavy atom. The van der Waals surface area contributed by atoms with Gasteiger partial charge in [-0.15, -0.1) is 0 Å². The zero-order chi connectivity index (χ0) is 19.0. The van der Waals surface area contributed by atoms with Crippen molar-refractivity contribution in [2.24, 2.45) is 0 Å². The molecule has 1 atom stereocenters. The number of hydrogen-bond donors (Lipinski definition) is 1. The summed E-state index contributed by atoms with van der Waals surface area (Å²) in [7, 11) is 0. The van der Waals surface area contributed by atoms with Gasteiger partial charge in [0.25, 0.3) is 5.56 Å². The third kappa shape index (κ3) is 3.35. The van der Waals surface area contributed by atoms with Gasteiger partial charge in [0.05, 0.1) is 12.2 Å². The number of para-hydroxylation sites is 1. The first-order valence-corrected chi connectivity index (χ1v) is 9.50. The molecule has 3 aromatic rings. The fourth-order valence-electron chi connectivity index (χ4n) is 3.60. The number of nitrogens with one attached hydrogen (secondary N) is 1. The van der Waals surface area contributed by atoms with Crippen LogP contribution < -0.4 is 10.3 Å². The topological polar surface area (TPSA) is 76.0 Å². The van der Waals surface area contributed by atoms with Crippen LogP contribution in [0, 0.1) is 0 Å². The van der Waals surface area contributed by atoms with Crippen molar-refractivity contribution in [1.29, 1.82) is 0 Å². The Morgan fingerprint density at radius 1 is 1.26 bits per heavy atom. The van der Waals surface area contributed by atoms with Gasteiger partial charge in [0.15, 0.2) is 5.65 Å². The van der Waals surface area contributed by atoms with Gasteiger partial charge in [0.2, 0.25) is 0 Å². The minimum Gasteiger partial charge on any atom is -0.488 e. The molecule has 0 aliphatic carbocycles. The van der Waals surface area contributed by atoms with Crippen molar-refractivity contribution in [2.75, 3.05) is 13.1 Å². The summed E-state index contributed by atoms with van der Waals surface area (Å²) in [4.78, 5) is 22.5. The summed E-state index contributed by atoms with van der Waals surface area (Å²) in [5.41, 5.74) is 0.526. The van der Waals surface area contributed by atoms with Crippen molar-refractivity contribution < 1.29 is 4.74 Å². The molecule has 1 aliphatic rings. The highest BCUT2D eigenvalue weighted by Gasteiger charge is 2.35. The van der Waals surface area contributed by atoms with Gasteiger partial charge in [-0.05, 0) is 32.4 Å². The lowest BCUT2D eigenvalue weighted by Crippen LogP contribution is -2.55. The molecule has 0 spiro atoms. The summed E-state index contributed by atoms with van der Waals surface area (Å²) >= 11 is 0. The van der Waals surface area contributed by atoms with Gasteiger partial charge in [-0.3, -0.25) is 9.69 Å². The van der Waals surface area contributed by atoms with Crippen LogP contribution in [0.1, 0.15) is 45.1 Å². The first-order chi connectivity index (χ1) is 13.1. The molecular weight excluding hydrogens is 342 g/mol. The summed E-state index contributed by atoms with van der Waals surface area (Å²) in [5, 5.41) is 4.86. The normalized spacial score (nSPS) is 16.6. The van der Waals surface area contributed by atoms with Crippen molar-refractivity contribution in [3.8, 4) is 5.75 Å². The predicted molar refractivity (Wildman–Crippen MR) is 104 cm³/mol. The van der Waals surface area contributed by atoms with Crippen LogP contribution in [-0.2, 0) is 0 Å². The third-order valence-electron chi connectivity index (χ3n) is 5.04. The molecule has 0 saturated carbocycles.